The summed E-state index contributed by atoms with van der Waals surface area (Å²) in [6.07, 6.45) is 5.11. The van der Waals surface area contributed by atoms with Crippen molar-refractivity contribution < 1.29 is 9.47 Å². The highest BCUT2D eigenvalue weighted by molar-refractivity contribution is 5.64. The lowest BCUT2D eigenvalue weighted by molar-refractivity contribution is 0.122. The van der Waals surface area contributed by atoms with Crippen LogP contribution in [-0.2, 0) is 11.3 Å². The average molecular weight is 363 g/mol. The predicted molar refractivity (Wildman–Crippen MR) is 103 cm³/mol. The van der Waals surface area contributed by atoms with Gasteiger partial charge in [-0.1, -0.05) is 12.1 Å². The van der Waals surface area contributed by atoms with Crippen LogP contribution in [0.4, 0.5) is 11.5 Å². The molecule has 0 spiro atoms. The summed E-state index contributed by atoms with van der Waals surface area (Å²) in [5.74, 6) is 0.610. The number of pyridine rings is 1. The zero-order valence-corrected chi connectivity index (χ0v) is 14.9. The van der Waals surface area contributed by atoms with Gasteiger partial charge in [0.15, 0.2) is 5.82 Å². The smallest absolute Gasteiger partial charge is 0.258 e. The van der Waals surface area contributed by atoms with Gasteiger partial charge in [-0.05, 0) is 29.8 Å². The van der Waals surface area contributed by atoms with Crippen LogP contribution in [0.2, 0.25) is 0 Å². The number of ether oxygens (including phenoxy) is 2. The van der Waals surface area contributed by atoms with E-state index in [4.69, 9.17) is 15.2 Å². The molecule has 3 aromatic rings. The number of hydrogen-bond acceptors (Lipinski definition) is 7. The molecule has 0 saturated carbocycles. The fraction of sp³-hybridized carbons (Fsp3) is 0.250. The summed E-state index contributed by atoms with van der Waals surface area (Å²) in [5.41, 5.74) is 9.79. The summed E-state index contributed by atoms with van der Waals surface area (Å²) >= 11 is 0. The second kappa shape index (κ2) is 8.01. The lowest BCUT2D eigenvalue weighted by Crippen LogP contribution is -2.36. The molecule has 27 heavy (non-hydrogen) atoms. The number of nitrogens with zero attached hydrogens (tertiary/aromatic N) is 4. The van der Waals surface area contributed by atoms with E-state index in [1.165, 1.54) is 5.69 Å². The summed E-state index contributed by atoms with van der Waals surface area (Å²) in [6.45, 7) is 3.72. The largest absolute Gasteiger partial charge is 0.470 e. The van der Waals surface area contributed by atoms with Gasteiger partial charge in [0, 0.05) is 36.7 Å². The van der Waals surface area contributed by atoms with E-state index in [0.717, 1.165) is 43.1 Å². The van der Waals surface area contributed by atoms with Gasteiger partial charge in [-0.3, -0.25) is 4.98 Å². The van der Waals surface area contributed by atoms with Gasteiger partial charge in [-0.15, -0.1) is 0 Å². The molecule has 4 rings (SSSR count). The van der Waals surface area contributed by atoms with Gasteiger partial charge in [-0.2, -0.15) is 0 Å². The minimum atomic E-state index is 0.276. The van der Waals surface area contributed by atoms with Crippen molar-refractivity contribution in [2.45, 2.75) is 6.61 Å². The number of aromatic nitrogens is 3. The van der Waals surface area contributed by atoms with Crippen LogP contribution in [0.15, 0.2) is 55.0 Å². The summed E-state index contributed by atoms with van der Waals surface area (Å²) in [7, 11) is 0. The molecule has 0 radical (unpaired) electrons. The molecule has 1 aliphatic rings. The summed E-state index contributed by atoms with van der Waals surface area (Å²) in [4.78, 5) is 15.1. The number of morpholine rings is 1. The van der Waals surface area contributed by atoms with Gasteiger partial charge < -0.3 is 20.1 Å². The van der Waals surface area contributed by atoms with Crippen molar-refractivity contribution in [3.63, 3.8) is 0 Å². The van der Waals surface area contributed by atoms with Crippen LogP contribution in [0.25, 0.3) is 11.3 Å². The number of rotatable bonds is 5. The Kier molecular flexibility index (Phi) is 5.11. The van der Waals surface area contributed by atoms with Crippen LogP contribution < -0.4 is 15.4 Å². The molecule has 0 amide bonds. The van der Waals surface area contributed by atoms with Crippen molar-refractivity contribution in [1.82, 2.24) is 15.0 Å². The minimum absolute atomic E-state index is 0.276. The number of nitrogens with two attached hydrogens (primary N) is 1. The van der Waals surface area contributed by atoms with Gasteiger partial charge in [0.25, 0.3) is 5.88 Å². The summed E-state index contributed by atoms with van der Waals surface area (Å²) < 4.78 is 11.2. The van der Waals surface area contributed by atoms with E-state index in [9.17, 15) is 0 Å². The van der Waals surface area contributed by atoms with Crippen molar-refractivity contribution in [2.75, 3.05) is 36.9 Å². The van der Waals surface area contributed by atoms with E-state index in [0.29, 0.717) is 12.5 Å². The van der Waals surface area contributed by atoms with Crippen molar-refractivity contribution >= 4 is 11.5 Å². The third-order valence-electron chi connectivity index (χ3n) is 4.43. The van der Waals surface area contributed by atoms with Gasteiger partial charge in [0.2, 0.25) is 0 Å². The molecule has 1 aliphatic heterocycles. The normalized spacial score (nSPS) is 14.1. The van der Waals surface area contributed by atoms with Crippen LogP contribution in [0.1, 0.15) is 5.56 Å². The van der Waals surface area contributed by atoms with Gasteiger partial charge in [-0.25, -0.2) is 9.97 Å². The average Bonchev–Trinajstić information content (AvgIpc) is 2.75. The highest BCUT2D eigenvalue weighted by atomic mass is 16.5. The molecular weight excluding hydrogens is 342 g/mol. The van der Waals surface area contributed by atoms with Crippen molar-refractivity contribution in [3.8, 4) is 17.1 Å². The molecule has 7 nitrogen and oxygen atoms in total. The lowest BCUT2D eigenvalue weighted by Gasteiger charge is -2.28. The highest BCUT2D eigenvalue weighted by Crippen LogP contribution is 2.26. The first kappa shape index (κ1) is 17.2. The molecule has 1 fully saturated rings. The van der Waals surface area contributed by atoms with Crippen LogP contribution in [-0.4, -0.2) is 41.3 Å². The maximum atomic E-state index is 5.92. The maximum absolute atomic E-state index is 5.92. The number of nitrogen functional groups attached to an aromatic ring is 1. The van der Waals surface area contributed by atoms with Gasteiger partial charge in [0.05, 0.1) is 25.1 Å². The maximum Gasteiger partial charge on any atom is 0.258 e. The second-order valence-electron chi connectivity index (χ2n) is 6.24. The molecular formula is C20H21N5O2. The Morgan fingerprint density at radius 3 is 2.52 bits per heavy atom. The van der Waals surface area contributed by atoms with Gasteiger partial charge in [0.1, 0.15) is 6.61 Å². The zero-order valence-electron chi connectivity index (χ0n) is 14.9. The molecule has 0 atom stereocenters. The molecule has 1 aromatic carbocycles. The first-order valence-corrected chi connectivity index (χ1v) is 8.87. The molecule has 3 heterocycles. The standard InChI is InChI=1S/C20H21N5O2/c21-19-20(27-14-15-5-7-22-8-6-15)24-18(13-23-19)16-1-3-17(4-2-16)25-9-11-26-12-10-25/h1-8,13H,9-12,14H2,(H2,21,23). The van der Waals surface area contributed by atoms with Crippen LogP contribution in [0, 0.1) is 0 Å². The number of benzene rings is 1. The van der Waals surface area contributed by atoms with Crippen LogP contribution >= 0.6 is 0 Å². The second-order valence-corrected chi connectivity index (χ2v) is 6.24. The third kappa shape index (κ3) is 4.15. The number of anilines is 2. The van der Waals surface area contributed by atoms with Gasteiger partial charge >= 0.3 is 0 Å². The van der Waals surface area contributed by atoms with Crippen molar-refractivity contribution in [3.05, 3.63) is 60.6 Å². The Morgan fingerprint density at radius 1 is 1.04 bits per heavy atom. The SMILES string of the molecule is Nc1ncc(-c2ccc(N3CCOCC3)cc2)nc1OCc1ccncc1. The van der Waals surface area contributed by atoms with E-state index >= 15 is 0 Å². The third-order valence-corrected chi connectivity index (χ3v) is 4.43. The highest BCUT2D eigenvalue weighted by Gasteiger charge is 2.12. The Bertz CT molecular complexity index is 881. The van der Waals surface area contributed by atoms with E-state index in [1.54, 1.807) is 18.6 Å². The summed E-state index contributed by atoms with van der Waals surface area (Å²) in [5, 5.41) is 0. The molecule has 1 saturated heterocycles. The van der Waals surface area contributed by atoms with E-state index in [-0.39, 0.29) is 5.82 Å². The first-order valence-electron chi connectivity index (χ1n) is 8.87. The van der Waals surface area contributed by atoms with E-state index < -0.39 is 0 Å². The fourth-order valence-electron chi connectivity index (χ4n) is 2.92. The Morgan fingerprint density at radius 2 is 1.78 bits per heavy atom. The molecule has 0 unspecified atom stereocenters. The van der Waals surface area contributed by atoms with E-state index in [2.05, 4.69) is 32.0 Å². The lowest BCUT2D eigenvalue weighted by atomic mass is 10.1. The molecule has 0 aliphatic carbocycles. The molecule has 2 N–H and O–H groups in total. The molecule has 2 aromatic heterocycles. The first-order chi connectivity index (χ1) is 13.3. The zero-order chi connectivity index (χ0) is 18.5. The molecule has 138 valence electrons. The quantitative estimate of drug-likeness (QED) is 0.745. The fourth-order valence-corrected chi connectivity index (χ4v) is 2.92. The molecule has 0 bridgehead atoms. The Balaban J connectivity index is 1.50. The van der Waals surface area contributed by atoms with Crippen LogP contribution in [0.5, 0.6) is 5.88 Å². The number of hydrogen-bond donors (Lipinski definition) is 1. The minimum Gasteiger partial charge on any atom is -0.470 e. The Hall–Kier alpha value is -3.19. The summed E-state index contributed by atoms with van der Waals surface area (Å²) in [6, 6.07) is 12.0. The molecule has 7 heteroatoms. The van der Waals surface area contributed by atoms with Crippen LogP contribution in [0.3, 0.4) is 0 Å². The topological polar surface area (TPSA) is 86.4 Å². The Labute approximate surface area is 157 Å². The predicted octanol–water partition coefficient (Wildman–Crippen LogP) is 2.54. The van der Waals surface area contributed by atoms with Crippen molar-refractivity contribution in [1.29, 1.82) is 0 Å². The van der Waals surface area contributed by atoms with E-state index in [1.807, 2.05) is 24.3 Å². The van der Waals surface area contributed by atoms with Crippen molar-refractivity contribution in [2.24, 2.45) is 0 Å². The monoisotopic (exact) mass is 363 g/mol.